The van der Waals surface area contributed by atoms with Crippen LogP contribution in [0.5, 0.6) is 0 Å². The summed E-state index contributed by atoms with van der Waals surface area (Å²) in [5.74, 6) is 0.799. The number of likely N-dealkylation sites (tertiary alicyclic amines) is 1. The zero-order valence-electron chi connectivity index (χ0n) is 16.8. The van der Waals surface area contributed by atoms with E-state index >= 15 is 0 Å². The summed E-state index contributed by atoms with van der Waals surface area (Å²) in [5.41, 5.74) is 1.23. The number of hydrogen-bond donors (Lipinski definition) is 2. The first-order valence-corrected chi connectivity index (χ1v) is 10.1. The molecule has 3 rings (SSSR count). The van der Waals surface area contributed by atoms with Crippen LogP contribution in [-0.4, -0.2) is 49.5 Å². The minimum atomic E-state index is -0.190. The molecule has 1 heterocycles. The molecule has 1 saturated carbocycles. The Bertz CT molecular complexity index is 673. The van der Waals surface area contributed by atoms with E-state index in [0.29, 0.717) is 6.42 Å². The molecule has 1 aliphatic heterocycles. The van der Waals surface area contributed by atoms with Crippen LogP contribution in [0.1, 0.15) is 51.0 Å². The molecule has 7 heteroatoms. The lowest BCUT2D eigenvalue weighted by molar-refractivity contribution is -0.129. The predicted molar refractivity (Wildman–Crippen MR) is 122 cm³/mol. The van der Waals surface area contributed by atoms with Crippen molar-refractivity contribution in [3.05, 3.63) is 35.6 Å². The lowest BCUT2D eigenvalue weighted by Gasteiger charge is -2.31. The van der Waals surface area contributed by atoms with E-state index in [4.69, 9.17) is 0 Å². The monoisotopic (exact) mass is 502 g/mol. The molecule has 1 amide bonds. The number of aliphatic imine (C=N–C) groups is 1. The van der Waals surface area contributed by atoms with E-state index in [9.17, 15) is 9.18 Å². The smallest absolute Gasteiger partial charge is 0.222 e. The second kappa shape index (κ2) is 10.4. The zero-order valence-corrected chi connectivity index (χ0v) is 19.2. The van der Waals surface area contributed by atoms with Gasteiger partial charge >= 0.3 is 0 Å². The fourth-order valence-corrected chi connectivity index (χ4v) is 4.39. The molecule has 0 aromatic heterocycles. The van der Waals surface area contributed by atoms with Crippen LogP contribution in [0.15, 0.2) is 29.3 Å². The third kappa shape index (κ3) is 5.36. The highest BCUT2D eigenvalue weighted by Crippen LogP contribution is 2.40. The van der Waals surface area contributed by atoms with Gasteiger partial charge in [0.05, 0.1) is 0 Å². The Morgan fingerprint density at radius 1 is 1.29 bits per heavy atom. The van der Waals surface area contributed by atoms with Crippen LogP contribution in [0.25, 0.3) is 0 Å². The van der Waals surface area contributed by atoms with Gasteiger partial charge in [-0.15, -0.1) is 24.0 Å². The Morgan fingerprint density at radius 2 is 1.96 bits per heavy atom. The molecule has 1 unspecified atom stereocenters. The van der Waals surface area contributed by atoms with Crippen molar-refractivity contribution in [1.29, 1.82) is 0 Å². The predicted octanol–water partition coefficient (Wildman–Crippen LogP) is 3.43. The number of hydrogen-bond acceptors (Lipinski definition) is 2. The molecule has 2 N–H and O–H groups in total. The van der Waals surface area contributed by atoms with Gasteiger partial charge in [0.2, 0.25) is 5.91 Å². The molecular weight excluding hydrogens is 470 g/mol. The Labute approximate surface area is 184 Å². The van der Waals surface area contributed by atoms with Gasteiger partial charge in [0.15, 0.2) is 5.96 Å². The number of guanidine groups is 1. The van der Waals surface area contributed by atoms with E-state index < -0.39 is 0 Å². The molecule has 0 radical (unpaired) electrons. The van der Waals surface area contributed by atoms with Gasteiger partial charge in [-0.3, -0.25) is 9.79 Å². The van der Waals surface area contributed by atoms with Gasteiger partial charge in [0, 0.05) is 44.6 Å². The van der Waals surface area contributed by atoms with Gasteiger partial charge in [0.25, 0.3) is 0 Å². The first-order chi connectivity index (χ1) is 13.1. The van der Waals surface area contributed by atoms with Crippen molar-refractivity contribution in [2.75, 3.05) is 26.7 Å². The SMILES string of the molecule is CCC(=O)N1CCC(NC(=NC)NCC2(c3ccc(F)cc3)CCCC2)C1.I. The summed E-state index contributed by atoms with van der Waals surface area (Å²) < 4.78 is 13.3. The average Bonchev–Trinajstić information content (AvgIpc) is 3.35. The van der Waals surface area contributed by atoms with Gasteiger partial charge in [-0.25, -0.2) is 4.39 Å². The highest BCUT2D eigenvalue weighted by atomic mass is 127. The van der Waals surface area contributed by atoms with Crippen molar-refractivity contribution in [3.8, 4) is 0 Å². The lowest BCUT2D eigenvalue weighted by atomic mass is 9.79. The molecule has 0 spiro atoms. The Hall–Kier alpha value is -1.38. The molecule has 2 aliphatic rings. The molecular formula is C21H32FIN4O. The second-order valence-electron chi connectivity index (χ2n) is 7.74. The fraction of sp³-hybridized carbons (Fsp3) is 0.619. The average molecular weight is 502 g/mol. The van der Waals surface area contributed by atoms with Gasteiger partial charge in [0.1, 0.15) is 5.82 Å². The Balaban J connectivity index is 0.00000280. The fourth-order valence-electron chi connectivity index (χ4n) is 4.39. The van der Waals surface area contributed by atoms with Crippen LogP contribution in [0.4, 0.5) is 4.39 Å². The lowest BCUT2D eigenvalue weighted by Crippen LogP contribution is -2.48. The number of carbonyl (C=O) groups excluding carboxylic acids is 1. The van der Waals surface area contributed by atoms with Crippen LogP contribution in [0.3, 0.4) is 0 Å². The minimum absolute atomic E-state index is 0. The largest absolute Gasteiger partial charge is 0.356 e. The third-order valence-electron chi connectivity index (χ3n) is 6.02. The zero-order chi connectivity index (χ0) is 19.3. The number of rotatable bonds is 5. The standard InChI is InChI=1S/C21H31FN4O.HI/c1-3-19(27)26-13-10-18(14-26)25-20(23-2)24-15-21(11-4-5-12-21)16-6-8-17(22)9-7-16;/h6-9,18H,3-5,10-15H2,1-2H3,(H2,23,24,25);1H. The topological polar surface area (TPSA) is 56.7 Å². The summed E-state index contributed by atoms with van der Waals surface area (Å²) in [6.45, 7) is 4.22. The van der Waals surface area contributed by atoms with E-state index in [1.54, 1.807) is 19.2 Å². The molecule has 1 aliphatic carbocycles. The summed E-state index contributed by atoms with van der Waals surface area (Å²) in [4.78, 5) is 18.2. The molecule has 28 heavy (non-hydrogen) atoms. The van der Waals surface area contributed by atoms with Gasteiger partial charge in [-0.1, -0.05) is 31.9 Å². The van der Waals surface area contributed by atoms with E-state index in [2.05, 4.69) is 15.6 Å². The number of nitrogens with zero attached hydrogens (tertiary/aromatic N) is 2. The first-order valence-electron chi connectivity index (χ1n) is 10.1. The van der Waals surface area contributed by atoms with Crippen LogP contribution < -0.4 is 10.6 Å². The summed E-state index contributed by atoms with van der Waals surface area (Å²) in [7, 11) is 1.78. The quantitative estimate of drug-likeness (QED) is 0.369. The van der Waals surface area contributed by atoms with Crippen LogP contribution in [0, 0.1) is 5.82 Å². The summed E-state index contributed by atoms with van der Waals surface area (Å²) in [5, 5.41) is 6.95. The molecule has 1 saturated heterocycles. The van der Waals surface area contributed by atoms with E-state index in [-0.39, 0.29) is 47.2 Å². The van der Waals surface area contributed by atoms with Crippen molar-refractivity contribution in [3.63, 3.8) is 0 Å². The van der Waals surface area contributed by atoms with Crippen molar-refractivity contribution < 1.29 is 9.18 Å². The van der Waals surface area contributed by atoms with Crippen molar-refractivity contribution >= 4 is 35.8 Å². The van der Waals surface area contributed by atoms with Gasteiger partial charge < -0.3 is 15.5 Å². The first kappa shape index (κ1) is 22.9. The highest BCUT2D eigenvalue weighted by molar-refractivity contribution is 14.0. The van der Waals surface area contributed by atoms with Crippen molar-refractivity contribution in [2.24, 2.45) is 4.99 Å². The number of amides is 1. The molecule has 156 valence electrons. The number of benzene rings is 1. The van der Waals surface area contributed by atoms with Gasteiger partial charge in [-0.2, -0.15) is 0 Å². The maximum atomic E-state index is 13.3. The number of carbonyl (C=O) groups is 1. The van der Waals surface area contributed by atoms with E-state index in [1.807, 2.05) is 24.0 Å². The minimum Gasteiger partial charge on any atom is -0.356 e. The molecule has 1 aromatic rings. The molecule has 0 bridgehead atoms. The van der Waals surface area contributed by atoms with Crippen molar-refractivity contribution in [1.82, 2.24) is 15.5 Å². The van der Waals surface area contributed by atoms with Crippen LogP contribution in [0.2, 0.25) is 0 Å². The molecule has 5 nitrogen and oxygen atoms in total. The maximum Gasteiger partial charge on any atom is 0.222 e. The highest BCUT2D eigenvalue weighted by Gasteiger charge is 2.36. The number of nitrogens with one attached hydrogen (secondary N) is 2. The Morgan fingerprint density at radius 3 is 2.57 bits per heavy atom. The molecule has 1 atom stereocenters. The summed E-state index contributed by atoms with van der Waals surface area (Å²) in [6, 6.07) is 7.19. The van der Waals surface area contributed by atoms with Gasteiger partial charge in [-0.05, 0) is 37.0 Å². The third-order valence-corrected chi connectivity index (χ3v) is 6.02. The number of halogens is 2. The second-order valence-corrected chi connectivity index (χ2v) is 7.74. The summed E-state index contributed by atoms with van der Waals surface area (Å²) in [6.07, 6.45) is 6.09. The van der Waals surface area contributed by atoms with Crippen LogP contribution >= 0.6 is 24.0 Å². The molecule has 2 fully saturated rings. The molecule has 1 aromatic carbocycles. The maximum absolute atomic E-state index is 13.3. The van der Waals surface area contributed by atoms with E-state index in [1.165, 1.54) is 18.4 Å². The Kier molecular flexibility index (Phi) is 8.52. The summed E-state index contributed by atoms with van der Waals surface area (Å²) >= 11 is 0. The van der Waals surface area contributed by atoms with Crippen molar-refractivity contribution in [2.45, 2.75) is 56.9 Å². The van der Waals surface area contributed by atoms with E-state index in [0.717, 1.165) is 44.9 Å². The normalized spacial score (nSPS) is 21.3. The van der Waals surface area contributed by atoms with Crippen LogP contribution in [-0.2, 0) is 10.2 Å².